The molecule has 8 heteroatoms. The van der Waals surface area contributed by atoms with Crippen LogP contribution in [0.4, 0.5) is 0 Å². The summed E-state index contributed by atoms with van der Waals surface area (Å²) in [6, 6.07) is 12.4. The molecule has 7 nitrogen and oxygen atoms in total. The number of sulfonamides is 1. The maximum atomic E-state index is 12.7. The van der Waals surface area contributed by atoms with E-state index in [4.69, 9.17) is 8.83 Å². The predicted octanol–water partition coefficient (Wildman–Crippen LogP) is 4.23. The zero-order valence-corrected chi connectivity index (χ0v) is 16.6. The van der Waals surface area contributed by atoms with Crippen molar-refractivity contribution in [1.82, 2.24) is 4.72 Å². The van der Waals surface area contributed by atoms with Gasteiger partial charge in [0.15, 0.2) is 0 Å². The zero-order valence-electron chi connectivity index (χ0n) is 15.7. The van der Waals surface area contributed by atoms with E-state index in [2.05, 4.69) is 4.72 Å². The molecule has 4 rings (SSSR count). The number of carboxylic acid groups (broad SMARTS) is 1. The second-order valence-electron chi connectivity index (χ2n) is 7.13. The lowest BCUT2D eigenvalue weighted by Crippen LogP contribution is -2.44. The average Bonchev–Trinajstić information content (AvgIpc) is 3.32. The van der Waals surface area contributed by atoms with Gasteiger partial charge in [-0.05, 0) is 48.4 Å². The van der Waals surface area contributed by atoms with Gasteiger partial charge in [0.25, 0.3) is 0 Å². The Morgan fingerprint density at radius 2 is 1.83 bits per heavy atom. The standard InChI is InChI=1S/C21H19NO6S/c1-12(2)20(21(23)24)22-29(25,26)14-6-8-18-16(11-14)15-7-5-13(10-19(15)28-18)17-4-3-9-27-17/h3-12,20,22H,1-2H3,(H,23,24). The average molecular weight is 413 g/mol. The van der Waals surface area contributed by atoms with E-state index in [1.165, 1.54) is 12.1 Å². The fourth-order valence-electron chi connectivity index (χ4n) is 3.23. The second kappa shape index (κ2) is 7.06. The molecule has 0 amide bonds. The summed E-state index contributed by atoms with van der Waals surface area (Å²) in [5.41, 5.74) is 1.98. The van der Waals surface area contributed by atoms with Gasteiger partial charge >= 0.3 is 5.97 Å². The van der Waals surface area contributed by atoms with Gasteiger partial charge in [0, 0.05) is 16.3 Å². The van der Waals surface area contributed by atoms with Crippen LogP contribution in [0.3, 0.4) is 0 Å². The van der Waals surface area contributed by atoms with Gasteiger partial charge in [0.1, 0.15) is 23.0 Å². The quantitative estimate of drug-likeness (QED) is 0.489. The molecule has 1 atom stereocenters. The first-order valence-corrected chi connectivity index (χ1v) is 10.5. The molecule has 2 aromatic carbocycles. The van der Waals surface area contributed by atoms with Crippen LogP contribution < -0.4 is 4.72 Å². The molecule has 0 bridgehead atoms. The van der Waals surface area contributed by atoms with Crippen LogP contribution in [0.25, 0.3) is 33.3 Å². The molecule has 0 aliphatic heterocycles. The van der Waals surface area contributed by atoms with E-state index in [0.717, 1.165) is 10.9 Å². The Balaban J connectivity index is 1.77. The first kappa shape index (κ1) is 19.2. The van der Waals surface area contributed by atoms with Crippen LogP contribution in [-0.4, -0.2) is 25.5 Å². The number of carbonyl (C=O) groups is 1. The largest absolute Gasteiger partial charge is 0.480 e. The molecule has 2 N–H and O–H groups in total. The molecular weight excluding hydrogens is 394 g/mol. The number of benzene rings is 2. The summed E-state index contributed by atoms with van der Waals surface area (Å²) in [4.78, 5) is 11.4. The highest BCUT2D eigenvalue weighted by Crippen LogP contribution is 2.33. The number of hydrogen-bond acceptors (Lipinski definition) is 5. The van der Waals surface area contributed by atoms with Crippen molar-refractivity contribution in [3.63, 3.8) is 0 Å². The third-order valence-electron chi connectivity index (χ3n) is 4.77. The van der Waals surface area contributed by atoms with E-state index in [1.54, 1.807) is 32.2 Å². The number of carboxylic acids is 1. The Morgan fingerprint density at radius 3 is 2.48 bits per heavy atom. The van der Waals surface area contributed by atoms with Crippen molar-refractivity contribution in [3.05, 3.63) is 54.8 Å². The maximum absolute atomic E-state index is 12.7. The summed E-state index contributed by atoms with van der Waals surface area (Å²) < 4.78 is 39.0. The lowest BCUT2D eigenvalue weighted by molar-refractivity contribution is -0.140. The Kier molecular flexibility index (Phi) is 4.68. The van der Waals surface area contributed by atoms with Crippen LogP contribution in [0.2, 0.25) is 0 Å². The lowest BCUT2D eigenvalue weighted by atomic mass is 10.1. The van der Waals surface area contributed by atoms with Crippen molar-refractivity contribution < 1.29 is 27.2 Å². The van der Waals surface area contributed by atoms with Crippen molar-refractivity contribution in [2.24, 2.45) is 5.92 Å². The molecule has 0 saturated carbocycles. The van der Waals surface area contributed by atoms with Gasteiger partial charge in [0.2, 0.25) is 10.0 Å². The highest BCUT2D eigenvalue weighted by molar-refractivity contribution is 7.89. The Bertz CT molecular complexity index is 1300. The summed E-state index contributed by atoms with van der Waals surface area (Å²) in [6.45, 7) is 3.29. The fraction of sp³-hybridized carbons (Fsp3) is 0.190. The Morgan fingerprint density at radius 1 is 1.03 bits per heavy atom. The molecule has 0 saturated heterocycles. The van der Waals surface area contributed by atoms with E-state index in [9.17, 15) is 18.3 Å². The van der Waals surface area contributed by atoms with Gasteiger partial charge in [-0.15, -0.1) is 0 Å². The normalized spacial score (nSPS) is 13.3. The summed E-state index contributed by atoms with van der Waals surface area (Å²) in [6.07, 6.45) is 1.59. The van der Waals surface area contributed by atoms with Gasteiger partial charge in [-0.1, -0.05) is 19.9 Å². The minimum atomic E-state index is -4.02. The van der Waals surface area contributed by atoms with Gasteiger partial charge in [-0.2, -0.15) is 4.72 Å². The summed E-state index contributed by atoms with van der Waals surface area (Å²) in [5.74, 6) is -0.919. The molecule has 4 aromatic rings. The van der Waals surface area contributed by atoms with Gasteiger partial charge < -0.3 is 13.9 Å². The summed E-state index contributed by atoms with van der Waals surface area (Å²) in [7, 11) is -4.02. The predicted molar refractivity (Wildman–Crippen MR) is 108 cm³/mol. The third-order valence-corrected chi connectivity index (χ3v) is 6.21. The van der Waals surface area contributed by atoms with Crippen molar-refractivity contribution in [3.8, 4) is 11.3 Å². The minimum absolute atomic E-state index is 0.0188. The molecule has 2 heterocycles. The molecule has 150 valence electrons. The van der Waals surface area contributed by atoms with E-state index in [1.807, 2.05) is 24.3 Å². The SMILES string of the molecule is CC(C)C(NS(=O)(=O)c1ccc2oc3cc(-c4ccco4)ccc3c2c1)C(=O)O. The highest BCUT2D eigenvalue weighted by Gasteiger charge is 2.28. The van der Waals surface area contributed by atoms with Crippen molar-refractivity contribution >= 4 is 37.9 Å². The topological polar surface area (TPSA) is 110 Å². The fourth-order valence-corrected chi connectivity index (χ4v) is 4.59. The third kappa shape index (κ3) is 3.52. The highest BCUT2D eigenvalue weighted by atomic mass is 32.2. The smallest absolute Gasteiger partial charge is 0.322 e. The Labute approximate surface area is 167 Å². The first-order valence-electron chi connectivity index (χ1n) is 9.01. The van der Waals surface area contributed by atoms with Crippen molar-refractivity contribution in [1.29, 1.82) is 0 Å². The summed E-state index contributed by atoms with van der Waals surface area (Å²) in [5, 5.41) is 10.7. The molecule has 0 aliphatic carbocycles. The molecule has 0 radical (unpaired) electrons. The monoisotopic (exact) mass is 413 g/mol. The molecular formula is C21H19NO6S. The number of aliphatic carboxylic acids is 1. The van der Waals surface area contributed by atoms with Crippen molar-refractivity contribution in [2.45, 2.75) is 24.8 Å². The molecule has 29 heavy (non-hydrogen) atoms. The molecule has 0 fully saturated rings. The zero-order chi connectivity index (χ0) is 20.8. The van der Waals surface area contributed by atoms with Crippen LogP contribution >= 0.6 is 0 Å². The van der Waals surface area contributed by atoms with Gasteiger partial charge in [-0.3, -0.25) is 4.79 Å². The maximum Gasteiger partial charge on any atom is 0.322 e. The second-order valence-corrected chi connectivity index (χ2v) is 8.84. The van der Waals surface area contributed by atoms with E-state index in [-0.39, 0.29) is 4.90 Å². The molecule has 0 spiro atoms. The van der Waals surface area contributed by atoms with Crippen LogP contribution in [0.15, 0.2) is 68.5 Å². The first-order chi connectivity index (χ1) is 13.8. The van der Waals surface area contributed by atoms with E-state index >= 15 is 0 Å². The van der Waals surface area contributed by atoms with Gasteiger partial charge in [0.05, 0.1) is 11.2 Å². The van der Waals surface area contributed by atoms with Crippen LogP contribution in [0.5, 0.6) is 0 Å². The van der Waals surface area contributed by atoms with Crippen molar-refractivity contribution in [2.75, 3.05) is 0 Å². The number of hydrogen-bond donors (Lipinski definition) is 2. The lowest BCUT2D eigenvalue weighted by Gasteiger charge is -2.17. The Hall–Kier alpha value is -3.10. The van der Waals surface area contributed by atoms with Gasteiger partial charge in [-0.25, -0.2) is 8.42 Å². The number of nitrogens with one attached hydrogen (secondary N) is 1. The number of fused-ring (bicyclic) bond motifs is 3. The summed E-state index contributed by atoms with van der Waals surface area (Å²) >= 11 is 0. The molecule has 2 aromatic heterocycles. The number of furan rings is 2. The van der Waals surface area contributed by atoms with Crippen LogP contribution in [0, 0.1) is 5.92 Å². The molecule has 1 unspecified atom stereocenters. The van der Waals surface area contributed by atoms with Crippen LogP contribution in [-0.2, 0) is 14.8 Å². The number of rotatable bonds is 6. The van der Waals surface area contributed by atoms with E-state index < -0.39 is 28.0 Å². The van der Waals surface area contributed by atoms with E-state index in [0.29, 0.717) is 22.3 Å². The molecule has 0 aliphatic rings. The van der Waals surface area contributed by atoms with Crippen LogP contribution in [0.1, 0.15) is 13.8 Å². The minimum Gasteiger partial charge on any atom is -0.480 e.